The number of fused-ring (bicyclic) bond motifs is 1. The van der Waals surface area contributed by atoms with E-state index >= 15 is 0 Å². The van der Waals surface area contributed by atoms with Gasteiger partial charge in [0.15, 0.2) is 5.13 Å². The van der Waals surface area contributed by atoms with Crippen LogP contribution in [0.3, 0.4) is 0 Å². The number of nitrogens with one attached hydrogen (secondary N) is 1. The smallest absolute Gasteiger partial charge is 0.261 e. The summed E-state index contributed by atoms with van der Waals surface area (Å²) >= 11 is 1.31. The lowest BCUT2D eigenvalue weighted by molar-refractivity contribution is -0.116. The number of hydrogen-bond donors (Lipinski definition) is 1. The maximum Gasteiger partial charge on any atom is 0.261 e. The molecule has 0 unspecified atom stereocenters. The zero-order valence-corrected chi connectivity index (χ0v) is 16.7. The van der Waals surface area contributed by atoms with Crippen molar-refractivity contribution in [2.45, 2.75) is 13.5 Å². The predicted molar refractivity (Wildman–Crippen MR) is 113 cm³/mol. The topological polar surface area (TPSA) is 86.1 Å². The zero-order chi connectivity index (χ0) is 20.4. The first-order chi connectivity index (χ1) is 14.0. The van der Waals surface area contributed by atoms with Crippen molar-refractivity contribution in [3.8, 4) is 17.0 Å². The van der Waals surface area contributed by atoms with Gasteiger partial charge in [-0.1, -0.05) is 23.8 Å². The molecule has 0 fully saturated rings. The molecule has 0 spiro atoms. The van der Waals surface area contributed by atoms with Crippen LogP contribution in [-0.4, -0.2) is 27.6 Å². The fourth-order valence-corrected chi connectivity index (χ4v) is 3.74. The number of nitrogens with zero attached hydrogens (tertiary/aromatic N) is 3. The van der Waals surface area contributed by atoms with Gasteiger partial charge in [0.25, 0.3) is 5.56 Å². The SMILES string of the molecule is COc1ccc(C)cc1-c1csc(NC(=O)Cn2cnc3ccccc3c2=O)n1. The molecule has 2 aromatic heterocycles. The highest BCUT2D eigenvalue weighted by molar-refractivity contribution is 7.14. The molecule has 0 atom stereocenters. The van der Waals surface area contributed by atoms with Crippen molar-refractivity contribution in [3.05, 3.63) is 70.1 Å². The second-order valence-electron chi connectivity index (χ2n) is 6.48. The number of para-hydroxylation sites is 1. The lowest BCUT2D eigenvalue weighted by atomic mass is 10.1. The Morgan fingerprint density at radius 1 is 1.24 bits per heavy atom. The molecule has 2 heterocycles. The third-order valence-corrected chi connectivity index (χ3v) is 5.18. The van der Waals surface area contributed by atoms with Gasteiger partial charge in [0.1, 0.15) is 12.3 Å². The molecule has 1 amide bonds. The summed E-state index contributed by atoms with van der Waals surface area (Å²) < 4.78 is 6.69. The lowest BCUT2D eigenvalue weighted by Crippen LogP contribution is -2.27. The van der Waals surface area contributed by atoms with Crippen LogP contribution in [0.1, 0.15) is 5.56 Å². The number of aromatic nitrogens is 3. The van der Waals surface area contributed by atoms with Gasteiger partial charge >= 0.3 is 0 Å². The van der Waals surface area contributed by atoms with E-state index in [4.69, 9.17) is 4.74 Å². The Kier molecular flexibility index (Phi) is 5.09. The number of anilines is 1. The number of carbonyl (C=O) groups excluding carboxylic acids is 1. The lowest BCUT2D eigenvalue weighted by Gasteiger charge is -2.07. The molecule has 146 valence electrons. The molecular formula is C21H18N4O3S. The number of amides is 1. The fourth-order valence-electron chi connectivity index (χ4n) is 3.01. The van der Waals surface area contributed by atoms with Gasteiger partial charge in [-0.3, -0.25) is 14.2 Å². The van der Waals surface area contributed by atoms with Gasteiger partial charge in [-0.25, -0.2) is 9.97 Å². The average molecular weight is 406 g/mol. The molecule has 29 heavy (non-hydrogen) atoms. The first-order valence-corrected chi connectivity index (χ1v) is 9.77. The fraction of sp³-hybridized carbons (Fsp3) is 0.143. The number of methoxy groups -OCH3 is 1. The maximum atomic E-state index is 12.5. The van der Waals surface area contributed by atoms with E-state index in [0.29, 0.717) is 21.8 Å². The van der Waals surface area contributed by atoms with Crippen molar-refractivity contribution in [3.63, 3.8) is 0 Å². The Morgan fingerprint density at radius 3 is 2.90 bits per heavy atom. The molecule has 8 heteroatoms. The average Bonchev–Trinajstić information content (AvgIpc) is 3.18. The third kappa shape index (κ3) is 3.88. The summed E-state index contributed by atoms with van der Waals surface area (Å²) in [6.45, 7) is 1.85. The molecule has 0 aliphatic heterocycles. The standard InChI is InChI=1S/C21H18N4O3S/c1-13-7-8-18(28-2)15(9-13)17-11-29-21(23-17)24-19(26)10-25-12-22-16-6-4-3-5-14(16)20(25)27/h3-9,11-12H,10H2,1-2H3,(H,23,24,26). The summed E-state index contributed by atoms with van der Waals surface area (Å²) in [5.74, 6) is 0.369. The van der Waals surface area contributed by atoms with Crippen LogP contribution in [0.15, 0.2) is 59.0 Å². The molecule has 0 radical (unpaired) electrons. The van der Waals surface area contributed by atoms with Gasteiger partial charge in [0, 0.05) is 10.9 Å². The Balaban J connectivity index is 1.53. The van der Waals surface area contributed by atoms with Crippen LogP contribution in [0, 0.1) is 6.92 Å². The Labute approximate surface area is 170 Å². The monoisotopic (exact) mass is 406 g/mol. The van der Waals surface area contributed by atoms with Gasteiger partial charge in [0.05, 0.1) is 30.0 Å². The summed E-state index contributed by atoms with van der Waals surface area (Å²) in [4.78, 5) is 33.7. The second kappa shape index (κ2) is 7.84. The minimum absolute atomic E-state index is 0.140. The van der Waals surface area contributed by atoms with Crippen LogP contribution in [0.5, 0.6) is 5.75 Å². The number of carbonyl (C=O) groups is 1. The molecule has 4 aromatic rings. The minimum atomic E-state index is -0.346. The van der Waals surface area contributed by atoms with Gasteiger partial charge in [-0.05, 0) is 31.2 Å². The number of ether oxygens (including phenoxy) is 1. The van der Waals surface area contributed by atoms with E-state index in [1.54, 1.807) is 25.3 Å². The highest BCUT2D eigenvalue weighted by Crippen LogP contribution is 2.32. The molecule has 7 nitrogen and oxygen atoms in total. The van der Waals surface area contributed by atoms with E-state index in [2.05, 4.69) is 15.3 Å². The maximum absolute atomic E-state index is 12.5. The van der Waals surface area contributed by atoms with E-state index < -0.39 is 0 Å². The van der Waals surface area contributed by atoms with Gasteiger partial charge < -0.3 is 10.1 Å². The molecule has 0 saturated carbocycles. The molecule has 0 saturated heterocycles. The third-order valence-electron chi connectivity index (χ3n) is 4.43. The van der Waals surface area contributed by atoms with E-state index in [0.717, 1.165) is 16.8 Å². The van der Waals surface area contributed by atoms with Crippen molar-refractivity contribution in [1.82, 2.24) is 14.5 Å². The molecular weight excluding hydrogens is 388 g/mol. The second-order valence-corrected chi connectivity index (χ2v) is 7.34. The predicted octanol–water partition coefficient (Wildman–Crippen LogP) is 3.48. The van der Waals surface area contributed by atoms with Crippen LogP contribution in [0.4, 0.5) is 5.13 Å². The van der Waals surface area contributed by atoms with Crippen LogP contribution < -0.4 is 15.6 Å². The molecule has 0 bridgehead atoms. The number of benzene rings is 2. The number of hydrogen-bond acceptors (Lipinski definition) is 6. The van der Waals surface area contributed by atoms with Crippen molar-refractivity contribution < 1.29 is 9.53 Å². The summed E-state index contributed by atoms with van der Waals surface area (Å²) in [6.07, 6.45) is 1.38. The van der Waals surface area contributed by atoms with E-state index in [-0.39, 0.29) is 18.0 Å². The highest BCUT2D eigenvalue weighted by atomic mass is 32.1. The molecule has 2 aromatic carbocycles. The summed E-state index contributed by atoms with van der Waals surface area (Å²) in [5, 5.41) is 5.54. The zero-order valence-electron chi connectivity index (χ0n) is 15.9. The first kappa shape index (κ1) is 18.8. The Morgan fingerprint density at radius 2 is 2.07 bits per heavy atom. The molecule has 1 N–H and O–H groups in total. The van der Waals surface area contributed by atoms with Crippen molar-refractivity contribution >= 4 is 33.3 Å². The van der Waals surface area contributed by atoms with Gasteiger partial charge in [-0.15, -0.1) is 11.3 Å². The quantitative estimate of drug-likeness (QED) is 0.548. The van der Waals surface area contributed by atoms with E-state index in [1.807, 2.05) is 36.6 Å². The molecule has 0 aliphatic rings. The van der Waals surface area contributed by atoms with E-state index in [9.17, 15) is 9.59 Å². The highest BCUT2D eigenvalue weighted by Gasteiger charge is 2.13. The normalized spacial score (nSPS) is 10.8. The summed E-state index contributed by atoms with van der Waals surface area (Å²) in [6, 6.07) is 12.9. The van der Waals surface area contributed by atoms with Crippen LogP contribution >= 0.6 is 11.3 Å². The van der Waals surface area contributed by atoms with Gasteiger partial charge in [-0.2, -0.15) is 0 Å². The van der Waals surface area contributed by atoms with E-state index in [1.165, 1.54) is 22.2 Å². The largest absolute Gasteiger partial charge is 0.496 e. The van der Waals surface area contributed by atoms with Gasteiger partial charge in [0.2, 0.25) is 5.91 Å². The number of thiazole rings is 1. The summed E-state index contributed by atoms with van der Waals surface area (Å²) in [5.41, 5.74) is 3.01. The summed E-state index contributed by atoms with van der Waals surface area (Å²) in [7, 11) is 1.61. The van der Waals surface area contributed by atoms with Crippen molar-refractivity contribution in [1.29, 1.82) is 0 Å². The minimum Gasteiger partial charge on any atom is -0.496 e. The molecule has 4 rings (SSSR count). The first-order valence-electron chi connectivity index (χ1n) is 8.90. The van der Waals surface area contributed by atoms with Crippen molar-refractivity contribution in [2.24, 2.45) is 0 Å². The number of aryl methyl sites for hydroxylation is 1. The number of rotatable bonds is 5. The van der Waals surface area contributed by atoms with Crippen LogP contribution in [-0.2, 0) is 11.3 Å². The van der Waals surface area contributed by atoms with Crippen LogP contribution in [0.25, 0.3) is 22.2 Å². The van der Waals surface area contributed by atoms with Crippen molar-refractivity contribution in [2.75, 3.05) is 12.4 Å². The Bertz CT molecular complexity index is 1260. The van der Waals surface area contributed by atoms with Crippen LogP contribution in [0.2, 0.25) is 0 Å². The molecule has 0 aliphatic carbocycles. The Hall–Kier alpha value is -3.52.